The van der Waals surface area contributed by atoms with Crippen molar-refractivity contribution in [3.63, 3.8) is 0 Å². The van der Waals surface area contributed by atoms with Crippen molar-refractivity contribution in [2.45, 2.75) is 31.1 Å². The van der Waals surface area contributed by atoms with Crippen molar-refractivity contribution in [1.29, 1.82) is 0 Å². The van der Waals surface area contributed by atoms with Gasteiger partial charge in [-0.3, -0.25) is 4.79 Å². The molecule has 0 saturated heterocycles. The molecule has 1 rings (SSSR count). The van der Waals surface area contributed by atoms with Crippen LogP contribution in [-0.4, -0.2) is 38.6 Å². The molecule has 0 atom stereocenters. The second kappa shape index (κ2) is 7.78. The molecule has 1 aromatic carbocycles. The summed E-state index contributed by atoms with van der Waals surface area (Å²) in [5.41, 5.74) is 0. The first-order valence-electron chi connectivity index (χ1n) is 6.59. The van der Waals surface area contributed by atoms with E-state index in [-0.39, 0.29) is 23.0 Å². The number of unbranched alkanes of at least 4 members (excludes halogenated alkanes) is 1. The molecule has 0 unspecified atom stereocenters. The Balaban J connectivity index is 2.59. The zero-order valence-electron chi connectivity index (χ0n) is 11.8. The largest absolute Gasteiger partial charge is 0.346 e. The van der Waals surface area contributed by atoms with E-state index in [0.717, 1.165) is 17.3 Å². The molecule has 0 aliphatic heterocycles. The molecule has 0 heterocycles. The van der Waals surface area contributed by atoms with E-state index in [0.29, 0.717) is 6.54 Å². The number of halogens is 1. The van der Waals surface area contributed by atoms with Gasteiger partial charge in [0.15, 0.2) is 9.84 Å². The molecule has 0 aliphatic carbocycles. The average molecular weight is 362 g/mol. The summed E-state index contributed by atoms with van der Waals surface area (Å²) < 4.78 is 25.0. The highest BCUT2D eigenvalue weighted by Crippen LogP contribution is 2.16. The summed E-state index contributed by atoms with van der Waals surface area (Å²) in [5.74, 6) is -0.275. The van der Waals surface area contributed by atoms with Crippen LogP contribution in [0.3, 0.4) is 0 Å². The van der Waals surface area contributed by atoms with Gasteiger partial charge in [0, 0.05) is 24.5 Å². The van der Waals surface area contributed by atoms with Crippen LogP contribution >= 0.6 is 15.9 Å². The van der Waals surface area contributed by atoms with Gasteiger partial charge in [0.25, 0.3) is 0 Å². The highest BCUT2D eigenvalue weighted by Gasteiger charge is 2.17. The summed E-state index contributed by atoms with van der Waals surface area (Å²) in [4.78, 5) is 13.7. The molecule has 1 aromatic rings. The molecular weight excluding hydrogens is 342 g/mol. The Morgan fingerprint density at radius 3 is 2.40 bits per heavy atom. The first-order chi connectivity index (χ1) is 9.36. The number of hydrogen-bond donors (Lipinski definition) is 0. The zero-order chi connectivity index (χ0) is 15.2. The molecule has 112 valence electrons. The van der Waals surface area contributed by atoms with Crippen LogP contribution in [0.5, 0.6) is 0 Å². The summed E-state index contributed by atoms with van der Waals surface area (Å²) in [6.45, 7) is 2.73. The van der Waals surface area contributed by atoms with Crippen molar-refractivity contribution in [3.8, 4) is 0 Å². The summed E-state index contributed by atoms with van der Waals surface area (Å²) in [6.07, 6.45) is 1.97. The highest BCUT2D eigenvalue weighted by molar-refractivity contribution is 9.10. The van der Waals surface area contributed by atoms with Crippen LogP contribution in [0.1, 0.15) is 26.2 Å². The van der Waals surface area contributed by atoms with Crippen LogP contribution in [0, 0.1) is 0 Å². The lowest BCUT2D eigenvalue weighted by Gasteiger charge is -2.16. The van der Waals surface area contributed by atoms with E-state index >= 15 is 0 Å². The van der Waals surface area contributed by atoms with Gasteiger partial charge in [-0.2, -0.15) is 0 Å². The fraction of sp³-hybridized carbons (Fsp3) is 0.500. The first kappa shape index (κ1) is 17.2. The van der Waals surface area contributed by atoms with Crippen LogP contribution in [0.15, 0.2) is 33.6 Å². The summed E-state index contributed by atoms with van der Waals surface area (Å²) >= 11 is 3.26. The third-order valence-corrected chi connectivity index (χ3v) is 5.29. The number of sulfone groups is 1. The number of carbonyl (C=O) groups excluding carboxylic acids is 1. The van der Waals surface area contributed by atoms with Gasteiger partial charge in [-0.25, -0.2) is 8.42 Å². The van der Waals surface area contributed by atoms with Crippen molar-refractivity contribution >= 4 is 31.7 Å². The Morgan fingerprint density at radius 2 is 1.85 bits per heavy atom. The predicted octanol–water partition coefficient (Wildman–Crippen LogP) is 2.87. The molecule has 1 amide bonds. The van der Waals surface area contributed by atoms with Gasteiger partial charge >= 0.3 is 0 Å². The van der Waals surface area contributed by atoms with Crippen LogP contribution in [-0.2, 0) is 14.6 Å². The van der Waals surface area contributed by atoms with E-state index in [4.69, 9.17) is 0 Å². The maximum Gasteiger partial charge on any atom is 0.223 e. The van der Waals surface area contributed by atoms with Crippen LogP contribution in [0.4, 0.5) is 0 Å². The van der Waals surface area contributed by atoms with E-state index in [1.165, 1.54) is 0 Å². The van der Waals surface area contributed by atoms with Crippen molar-refractivity contribution < 1.29 is 13.2 Å². The Labute approximate surface area is 129 Å². The lowest BCUT2D eigenvalue weighted by atomic mass is 10.3. The van der Waals surface area contributed by atoms with Gasteiger partial charge in [0.05, 0.1) is 10.6 Å². The van der Waals surface area contributed by atoms with Crippen LogP contribution in [0.25, 0.3) is 0 Å². The number of hydrogen-bond acceptors (Lipinski definition) is 3. The summed E-state index contributed by atoms with van der Waals surface area (Å²) in [7, 11) is -1.68. The molecule has 0 fully saturated rings. The van der Waals surface area contributed by atoms with Crippen molar-refractivity contribution in [1.82, 2.24) is 4.90 Å². The molecular formula is C14H20BrNO3S. The third kappa shape index (κ3) is 5.25. The Morgan fingerprint density at radius 1 is 1.25 bits per heavy atom. The number of rotatable bonds is 7. The van der Waals surface area contributed by atoms with Gasteiger partial charge in [0.1, 0.15) is 0 Å². The Hall–Kier alpha value is -0.880. The monoisotopic (exact) mass is 361 g/mol. The van der Waals surface area contributed by atoms with Gasteiger partial charge in [-0.05, 0) is 30.7 Å². The molecule has 0 radical (unpaired) electrons. The summed E-state index contributed by atoms with van der Waals surface area (Å²) in [6, 6.07) is 6.46. The molecule has 0 aliphatic rings. The Kier molecular flexibility index (Phi) is 6.68. The lowest BCUT2D eigenvalue weighted by Crippen LogP contribution is -2.29. The van der Waals surface area contributed by atoms with Gasteiger partial charge in [-0.15, -0.1) is 0 Å². The maximum absolute atomic E-state index is 12.1. The highest BCUT2D eigenvalue weighted by atomic mass is 79.9. The van der Waals surface area contributed by atoms with Crippen molar-refractivity contribution in [2.24, 2.45) is 0 Å². The molecule has 0 N–H and O–H groups in total. The number of carbonyl (C=O) groups is 1. The molecule has 0 saturated carbocycles. The number of nitrogens with zero attached hydrogens (tertiary/aromatic N) is 1. The summed E-state index contributed by atoms with van der Waals surface area (Å²) in [5, 5.41) is 0. The fourth-order valence-electron chi connectivity index (χ4n) is 1.69. The van der Waals surface area contributed by atoms with E-state index in [2.05, 4.69) is 22.9 Å². The minimum absolute atomic E-state index is 0.0264. The van der Waals surface area contributed by atoms with Crippen molar-refractivity contribution in [3.05, 3.63) is 28.7 Å². The lowest BCUT2D eigenvalue weighted by molar-refractivity contribution is -0.129. The molecule has 0 spiro atoms. The van der Waals surface area contributed by atoms with Gasteiger partial charge in [0.2, 0.25) is 5.91 Å². The molecule has 0 aromatic heterocycles. The fourth-order valence-corrected chi connectivity index (χ4v) is 3.19. The minimum atomic E-state index is -3.39. The normalized spacial score (nSPS) is 11.3. The zero-order valence-corrected chi connectivity index (χ0v) is 14.2. The standard InChI is InChI=1S/C14H20BrNO3S/c1-3-4-10-16(2)14(17)9-11-20(18,19)13-7-5-12(15)6-8-13/h5-8H,3-4,9-11H2,1-2H3. The van der Waals surface area contributed by atoms with Crippen molar-refractivity contribution in [2.75, 3.05) is 19.3 Å². The van der Waals surface area contributed by atoms with Crippen LogP contribution < -0.4 is 0 Å². The second-order valence-electron chi connectivity index (χ2n) is 4.69. The quantitative estimate of drug-likeness (QED) is 0.750. The van der Waals surface area contributed by atoms with E-state index in [1.54, 1.807) is 36.2 Å². The Bertz CT molecular complexity index is 540. The smallest absolute Gasteiger partial charge is 0.223 e. The molecule has 20 heavy (non-hydrogen) atoms. The number of benzene rings is 1. The van der Waals surface area contributed by atoms with Gasteiger partial charge in [-0.1, -0.05) is 29.3 Å². The number of amides is 1. The minimum Gasteiger partial charge on any atom is -0.346 e. The SMILES string of the molecule is CCCCN(C)C(=O)CCS(=O)(=O)c1ccc(Br)cc1. The van der Waals surface area contributed by atoms with E-state index in [1.807, 2.05) is 0 Å². The molecule has 0 bridgehead atoms. The van der Waals surface area contributed by atoms with E-state index < -0.39 is 9.84 Å². The third-order valence-electron chi connectivity index (χ3n) is 3.03. The van der Waals surface area contributed by atoms with Crippen LogP contribution in [0.2, 0.25) is 0 Å². The second-order valence-corrected chi connectivity index (χ2v) is 7.72. The topological polar surface area (TPSA) is 54.5 Å². The van der Waals surface area contributed by atoms with Gasteiger partial charge < -0.3 is 4.90 Å². The predicted molar refractivity (Wildman–Crippen MR) is 83.4 cm³/mol. The molecule has 4 nitrogen and oxygen atoms in total. The average Bonchev–Trinajstić information content (AvgIpc) is 2.42. The van der Waals surface area contributed by atoms with E-state index in [9.17, 15) is 13.2 Å². The molecule has 6 heteroatoms. The maximum atomic E-state index is 12.1. The first-order valence-corrected chi connectivity index (χ1v) is 9.03.